The summed E-state index contributed by atoms with van der Waals surface area (Å²) in [6.45, 7) is 4.54. The molecule has 0 radical (unpaired) electrons. The van der Waals surface area contributed by atoms with Gasteiger partial charge in [0.2, 0.25) is 5.91 Å². The molecule has 0 bridgehead atoms. The van der Waals surface area contributed by atoms with Gasteiger partial charge in [-0.25, -0.2) is 0 Å². The van der Waals surface area contributed by atoms with Gasteiger partial charge in [0.15, 0.2) is 0 Å². The molecule has 1 aliphatic rings. The van der Waals surface area contributed by atoms with Crippen LogP contribution in [-0.4, -0.2) is 23.5 Å². The van der Waals surface area contributed by atoms with Gasteiger partial charge < -0.3 is 10.0 Å². The second-order valence-electron chi connectivity index (χ2n) is 5.71. The van der Waals surface area contributed by atoms with Crippen molar-refractivity contribution in [3.63, 3.8) is 0 Å². The van der Waals surface area contributed by atoms with Crippen molar-refractivity contribution in [1.29, 1.82) is 0 Å². The van der Waals surface area contributed by atoms with Crippen LogP contribution in [0, 0.1) is 17.8 Å². The van der Waals surface area contributed by atoms with E-state index >= 15 is 0 Å². The number of rotatable bonds is 5. The van der Waals surface area contributed by atoms with E-state index in [4.69, 9.17) is 0 Å². The monoisotopic (exact) mass is 289 g/mol. The first kappa shape index (κ1) is 15.5. The third-order valence-corrected chi connectivity index (χ3v) is 4.52. The Balaban J connectivity index is 2.22. The van der Waals surface area contributed by atoms with Gasteiger partial charge in [-0.05, 0) is 37.8 Å². The maximum atomic E-state index is 12.8. The van der Waals surface area contributed by atoms with Crippen molar-refractivity contribution >= 4 is 17.6 Å². The minimum Gasteiger partial charge on any atom is -0.481 e. The van der Waals surface area contributed by atoms with Crippen molar-refractivity contribution in [3.8, 4) is 0 Å². The smallest absolute Gasteiger partial charge is 0.307 e. The molecule has 21 heavy (non-hydrogen) atoms. The number of carboxylic acid groups (broad SMARTS) is 1. The van der Waals surface area contributed by atoms with E-state index in [0.29, 0.717) is 25.3 Å². The van der Waals surface area contributed by atoms with Gasteiger partial charge in [-0.3, -0.25) is 9.59 Å². The van der Waals surface area contributed by atoms with Crippen LogP contribution in [0.5, 0.6) is 0 Å². The van der Waals surface area contributed by atoms with Crippen LogP contribution in [0.25, 0.3) is 0 Å². The van der Waals surface area contributed by atoms with Crippen molar-refractivity contribution in [3.05, 3.63) is 30.3 Å². The summed E-state index contributed by atoms with van der Waals surface area (Å²) in [5.74, 6) is -1.48. The second kappa shape index (κ2) is 6.74. The minimum atomic E-state index is -0.839. The molecule has 1 N–H and O–H groups in total. The molecule has 0 spiro atoms. The number of nitrogens with zero attached hydrogens (tertiary/aromatic N) is 1. The predicted molar refractivity (Wildman–Crippen MR) is 82.1 cm³/mol. The Hall–Kier alpha value is -1.84. The Morgan fingerprint density at radius 2 is 1.76 bits per heavy atom. The molecule has 4 heteroatoms. The third-order valence-electron chi connectivity index (χ3n) is 4.52. The summed E-state index contributed by atoms with van der Waals surface area (Å²) in [4.78, 5) is 26.0. The molecular weight excluding hydrogens is 266 g/mol. The molecule has 3 atom stereocenters. The van der Waals surface area contributed by atoms with E-state index in [1.54, 1.807) is 4.90 Å². The fourth-order valence-electron chi connectivity index (χ4n) is 3.30. The molecule has 1 aromatic rings. The van der Waals surface area contributed by atoms with Crippen molar-refractivity contribution < 1.29 is 14.7 Å². The highest BCUT2D eigenvalue weighted by molar-refractivity contribution is 5.97. The number of hydrogen-bond donors (Lipinski definition) is 1. The van der Waals surface area contributed by atoms with E-state index in [0.717, 1.165) is 12.1 Å². The standard InChI is InChI=1S/C17H23NO3/c1-3-12-10-14(15(11-12)17(20)21)16(19)18(4-2)13-8-6-5-7-9-13/h5-9,12,14-15H,3-4,10-11H2,1-2H3,(H,20,21)/t12?,14-,15+/m0/s1. The number of anilines is 1. The van der Waals surface area contributed by atoms with Gasteiger partial charge in [0, 0.05) is 12.2 Å². The third kappa shape index (κ3) is 3.26. The summed E-state index contributed by atoms with van der Waals surface area (Å²) in [5.41, 5.74) is 0.842. The Bertz CT molecular complexity index is 500. The first-order valence-electron chi connectivity index (χ1n) is 7.67. The molecule has 1 unspecified atom stereocenters. The van der Waals surface area contributed by atoms with Crippen LogP contribution in [0.1, 0.15) is 33.1 Å². The zero-order valence-corrected chi connectivity index (χ0v) is 12.7. The average Bonchev–Trinajstić information content (AvgIpc) is 2.93. The number of hydrogen-bond acceptors (Lipinski definition) is 2. The molecule has 114 valence electrons. The van der Waals surface area contributed by atoms with Gasteiger partial charge >= 0.3 is 5.97 Å². The molecule has 1 saturated carbocycles. The van der Waals surface area contributed by atoms with Crippen LogP contribution in [0.3, 0.4) is 0 Å². The number of aliphatic carboxylic acids is 1. The van der Waals surface area contributed by atoms with Crippen molar-refractivity contribution in [1.82, 2.24) is 0 Å². The summed E-state index contributed by atoms with van der Waals surface area (Å²) in [7, 11) is 0. The number of carboxylic acids is 1. The highest BCUT2D eigenvalue weighted by Crippen LogP contribution is 2.40. The van der Waals surface area contributed by atoms with Crippen LogP contribution in [-0.2, 0) is 9.59 Å². The van der Waals surface area contributed by atoms with Crippen LogP contribution >= 0.6 is 0 Å². The van der Waals surface area contributed by atoms with Crippen LogP contribution in [0.4, 0.5) is 5.69 Å². The molecule has 0 saturated heterocycles. The van der Waals surface area contributed by atoms with Gasteiger partial charge in [-0.15, -0.1) is 0 Å². The largest absolute Gasteiger partial charge is 0.481 e. The number of carbonyl (C=O) groups excluding carboxylic acids is 1. The van der Waals surface area contributed by atoms with E-state index in [-0.39, 0.29) is 5.91 Å². The van der Waals surface area contributed by atoms with Crippen LogP contribution < -0.4 is 4.90 Å². The molecular formula is C17H23NO3. The summed E-state index contributed by atoms with van der Waals surface area (Å²) in [6.07, 6.45) is 2.25. The zero-order valence-electron chi connectivity index (χ0n) is 12.7. The summed E-state index contributed by atoms with van der Waals surface area (Å²) in [5, 5.41) is 9.40. The molecule has 1 amide bonds. The van der Waals surface area contributed by atoms with E-state index in [1.807, 2.05) is 37.3 Å². The molecule has 0 aromatic heterocycles. The summed E-state index contributed by atoms with van der Waals surface area (Å²) < 4.78 is 0. The second-order valence-corrected chi connectivity index (χ2v) is 5.71. The van der Waals surface area contributed by atoms with E-state index in [2.05, 4.69) is 6.92 Å². The SMILES string of the molecule is CCC1C[C@H](C(=O)N(CC)c2ccccc2)[C@H](C(=O)O)C1. The lowest BCUT2D eigenvalue weighted by atomic mass is 9.94. The Morgan fingerprint density at radius 3 is 2.29 bits per heavy atom. The quantitative estimate of drug-likeness (QED) is 0.905. The highest BCUT2D eigenvalue weighted by atomic mass is 16.4. The van der Waals surface area contributed by atoms with E-state index < -0.39 is 17.8 Å². The molecule has 1 aromatic carbocycles. The molecule has 2 rings (SSSR count). The minimum absolute atomic E-state index is 0.0490. The maximum absolute atomic E-state index is 12.8. The first-order chi connectivity index (χ1) is 10.1. The molecule has 0 aliphatic heterocycles. The molecule has 1 aliphatic carbocycles. The van der Waals surface area contributed by atoms with Gasteiger partial charge in [0.25, 0.3) is 0 Å². The lowest BCUT2D eigenvalue weighted by Crippen LogP contribution is -2.39. The summed E-state index contributed by atoms with van der Waals surface area (Å²) in [6, 6.07) is 9.48. The fourth-order valence-corrected chi connectivity index (χ4v) is 3.30. The topological polar surface area (TPSA) is 57.6 Å². The predicted octanol–water partition coefficient (Wildman–Crippen LogP) is 3.18. The van der Waals surface area contributed by atoms with E-state index in [9.17, 15) is 14.7 Å². The van der Waals surface area contributed by atoms with E-state index in [1.165, 1.54) is 0 Å². The maximum Gasteiger partial charge on any atom is 0.307 e. The number of carbonyl (C=O) groups is 2. The molecule has 4 nitrogen and oxygen atoms in total. The lowest BCUT2D eigenvalue weighted by Gasteiger charge is -2.26. The molecule has 1 fully saturated rings. The number of para-hydroxylation sites is 1. The molecule has 0 heterocycles. The average molecular weight is 289 g/mol. The van der Waals surface area contributed by atoms with Gasteiger partial charge in [0.05, 0.1) is 11.8 Å². The van der Waals surface area contributed by atoms with Crippen LogP contribution in [0.15, 0.2) is 30.3 Å². The van der Waals surface area contributed by atoms with Crippen molar-refractivity contribution in [2.45, 2.75) is 33.1 Å². The number of amides is 1. The first-order valence-corrected chi connectivity index (χ1v) is 7.67. The fraction of sp³-hybridized carbons (Fsp3) is 0.529. The zero-order chi connectivity index (χ0) is 15.4. The Morgan fingerprint density at radius 1 is 1.14 bits per heavy atom. The van der Waals surface area contributed by atoms with Crippen molar-refractivity contribution in [2.75, 3.05) is 11.4 Å². The van der Waals surface area contributed by atoms with Crippen LogP contribution in [0.2, 0.25) is 0 Å². The lowest BCUT2D eigenvalue weighted by molar-refractivity contribution is -0.145. The normalized spacial score (nSPS) is 24.8. The van der Waals surface area contributed by atoms with Gasteiger partial charge in [-0.1, -0.05) is 31.5 Å². The van der Waals surface area contributed by atoms with Gasteiger partial charge in [-0.2, -0.15) is 0 Å². The summed E-state index contributed by atoms with van der Waals surface area (Å²) >= 11 is 0. The number of benzene rings is 1. The highest BCUT2D eigenvalue weighted by Gasteiger charge is 2.43. The van der Waals surface area contributed by atoms with Gasteiger partial charge in [0.1, 0.15) is 0 Å². The Kier molecular flexibility index (Phi) is 4.99. The Labute approximate surface area is 125 Å². The van der Waals surface area contributed by atoms with Crippen molar-refractivity contribution in [2.24, 2.45) is 17.8 Å².